The van der Waals surface area contributed by atoms with Gasteiger partial charge in [-0.25, -0.2) is 4.99 Å². The van der Waals surface area contributed by atoms with Gasteiger partial charge in [0.2, 0.25) is 0 Å². The minimum Gasteiger partial charge on any atom is -0.376 e. The molecule has 2 N–H and O–H groups in total. The molecule has 0 aliphatic carbocycles. The van der Waals surface area contributed by atoms with Crippen LogP contribution in [0, 0.1) is 12.8 Å². The lowest BCUT2D eigenvalue weighted by Gasteiger charge is -2.17. The number of nitrogens with one attached hydrogen (secondary N) is 2. The molecular weight excluding hydrogens is 515 g/mol. The van der Waals surface area contributed by atoms with E-state index in [1.165, 1.54) is 5.56 Å². The zero-order valence-corrected chi connectivity index (χ0v) is 21.3. The summed E-state index contributed by atoms with van der Waals surface area (Å²) in [6.07, 6.45) is 0. The molecule has 2 aromatic carbocycles. The Hall–Kier alpha value is -2.46. The number of aliphatic imine (C=N–C) groups is 1. The molecule has 1 atom stereocenters. The maximum atomic E-state index is 5.87. The number of halogens is 1. The zero-order valence-electron chi connectivity index (χ0n) is 19.0. The largest absolute Gasteiger partial charge is 0.376 e. The summed E-state index contributed by atoms with van der Waals surface area (Å²) in [5.41, 5.74) is 2.35. The van der Waals surface area contributed by atoms with E-state index in [4.69, 9.17) is 9.73 Å². The van der Waals surface area contributed by atoms with Gasteiger partial charge in [-0.15, -0.1) is 34.2 Å². The number of ether oxygens (including phenoxy) is 1. The molecule has 0 spiro atoms. The van der Waals surface area contributed by atoms with Gasteiger partial charge < -0.3 is 19.9 Å². The molecule has 3 aromatic rings. The zero-order chi connectivity index (χ0) is 21.9. The quantitative estimate of drug-likeness (QED) is 0.229. The summed E-state index contributed by atoms with van der Waals surface area (Å²) in [5.74, 6) is 2.84. The van der Waals surface area contributed by atoms with Gasteiger partial charge >= 0.3 is 0 Å². The second-order valence-corrected chi connectivity index (χ2v) is 7.71. The molecule has 7 nitrogen and oxygen atoms in total. The van der Waals surface area contributed by atoms with E-state index < -0.39 is 0 Å². The molecular formula is C24H33IN6O. The third-order valence-corrected chi connectivity index (χ3v) is 4.99. The van der Waals surface area contributed by atoms with Gasteiger partial charge in [0.1, 0.15) is 5.82 Å². The summed E-state index contributed by atoms with van der Waals surface area (Å²) < 4.78 is 7.84. The second-order valence-electron chi connectivity index (χ2n) is 7.71. The molecule has 0 saturated heterocycles. The van der Waals surface area contributed by atoms with Crippen LogP contribution in [0.15, 0.2) is 65.7 Å². The number of benzene rings is 2. The van der Waals surface area contributed by atoms with Crippen LogP contribution < -0.4 is 10.6 Å². The molecule has 32 heavy (non-hydrogen) atoms. The number of rotatable bonds is 10. The van der Waals surface area contributed by atoms with Crippen LogP contribution in [0.25, 0.3) is 0 Å². The Morgan fingerprint density at radius 2 is 1.66 bits per heavy atom. The van der Waals surface area contributed by atoms with Gasteiger partial charge in [-0.3, -0.25) is 0 Å². The molecule has 0 aliphatic heterocycles. The number of hydrogen-bond donors (Lipinski definition) is 2. The lowest BCUT2D eigenvalue weighted by molar-refractivity contribution is 0.0931. The molecule has 1 heterocycles. The van der Waals surface area contributed by atoms with Gasteiger partial charge in [-0.05, 0) is 24.0 Å². The van der Waals surface area contributed by atoms with E-state index in [-0.39, 0.29) is 24.0 Å². The van der Waals surface area contributed by atoms with Crippen LogP contribution in [0.5, 0.6) is 0 Å². The van der Waals surface area contributed by atoms with Gasteiger partial charge in [-0.1, -0.05) is 67.6 Å². The summed E-state index contributed by atoms with van der Waals surface area (Å²) in [5, 5.41) is 15.1. The fourth-order valence-corrected chi connectivity index (χ4v) is 2.98. The second kappa shape index (κ2) is 13.8. The Kier molecular flexibility index (Phi) is 11.2. The van der Waals surface area contributed by atoms with E-state index in [2.05, 4.69) is 52.0 Å². The van der Waals surface area contributed by atoms with Crippen molar-refractivity contribution in [3.05, 3.63) is 83.4 Å². The van der Waals surface area contributed by atoms with Crippen molar-refractivity contribution in [2.45, 2.75) is 33.5 Å². The first-order chi connectivity index (χ1) is 15.1. The number of aryl methyl sites for hydroxylation is 1. The summed E-state index contributed by atoms with van der Waals surface area (Å²) in [6, 6.07) is 20.5. The third-order valence-electron chi connectivity index (χ3n) is 4.99. The number of hydrogen-bond acceptors (Lipinski definition) is 4. The molecule has 3 rings (SSSR count). The van der Waals surface area contributed by atoms with Gasteiger partial charge in [0.25, 0.3) is 0 Å². The maximum Gasteiger partial charge on any atom is 0.191 e. The van der Waals surface area contributed by atoms with Gasteiger partial charge in [0.05, 0.1) is 26.3 Å². The van der Waals surface area contributed by atoms with Crippen LogP contribution >= 0.6 is 24.0 Å². The first-order valence-electron chi connectivity index (χ1n) is 10.6. The number of nitrogens with zero attached hydrogens (tertiary/aromatic N) is 4. The van der Waals surface area contributed by atoms with Crippen LogP contribution in [0.3, 0.4) is 0 Å². The first-order valence-corrected chi connectivity index (χ1v) is 10.6. The molecule has 172 valence electrons. The lowest BCUT2D eigenvalue weighted by Crippen LogP contribution is -2.40. The van der Waals surface area contributed by atoms with Crippen LogP contribution in [-0.4, -0.2) is 33.9 Å². The van der Waals surface area contributed by atoms with Crippen molar-refractivity contribution in [3.63, 3.8) is 0 Å². The van der Waals surface area contributed by atoms with E-state index in [0.29, 0.717) is 32.2 Å². The van der Waals surface area contributed by atoms with Crippen LogP contribution in [0.2, 0.25) is 0 Å². The standard InChI is InChI=1S/C24H32N6O.HI/c1-19(17-31-18-22-12-8-5-9-13-22)14-25-24(26-15-21-10-6-4-7-11-21)27-16-23-29-28-20(2)30(23)3;/h4-13,19H,14-18H2,1-3H3,(H2,25,26,27);1H. The monoisotopic (exact) mass is 548 g/mol. The predicted octanol–water partition coefficient (Wildman–Crippen LogP) is 3.83. The average molecular weight is 548 g/mol. The Bertz CT molecular complexity index is 946. The summed E-state index contributed by atoms with van der Waals surface area (Å²) >= 11 is 0. The Morgan fingerprint density at radius 1 is 1.00 bits per heavy atom. The molecule has 0 bridgehead atoms. The molecule has 1 aromatic heterocycles. The number of aromatic nitrogens is 3. The van der Waals surface area contributed by atoms with Crippen molar-refractivity contribution in [1.82, 2.24) is 25.4 Å². The predicted molar refractivity (Wildman–Crippen MR) is 139 cm³/mol. The van der Waals surface area contributed by atoms with Gasteiger partial charge in [0.15, 0.2) is 11.8 Å². The molecule has 0 fully saturated rings. The highest BCUT2D eigenvalue weighted by molar-refractivity contribution is 14.0. The van der Waals surface area contributed by atoms with Crippen molar-refractivity contribution in [2.24, 2.45) is 18.0 Å². The Balaban J connectivity index is 0.00000363. The fraction of sp³-hybridized carbons (Fsp3) is 0.375. The fourth-order valence-electron chi connectivity index (χ4n) is 2.98. The van der Waals surface area contributed by atoms with Crippen LogP contribution in [-0.2, 0) is 31.5 Å². The molecule has 0 radical (unpaired) electrons. The van der Waals surface area contributed by atoms with Crippen molar-refractivity contribution in [2.75, 3.05) is 13.2 Å². The highest BCUT2D eigenvalue weighted by Crippen LogP contribution is 2.04. The maximum absolute atomic E-state index is 5.87. The highest BCUT2D eigenvalue weighted by atomic mass is 127. The molecule has 8 heteroatoms. The minimum atomic E-state index is 0. The van der Waals surface area contributed by atoms with E-state index in [1.807, 2.05) is 54.9 Å². The average Bonchev–Trinajstić information content (AvgIpc) is 3.12. The van der Waals surface area contributed by atoms with E-state index in [9.17, 15) is 0 Å². The molecule has 0 saturated carbocycles. The smallest absolute Gasteiger partial charge is 0.191 e. The van der Waals surface area contributed by atoms with Crippen molar-refractivity contribution in [3.8, 4) is 0 Å². The minimum absolute atomic E-state index is 0. The molecule has 1 unspecified atom stereocenters. The van der Waals surface area contributed by atoms with Crippen molar-refractivity contribution >= 4 is 29.9 Å². The van der Waals surface area contributed by atoms with E-state index >= 15 is 0 Å². The lowest BCUT2D eigenvalue weighted by atomic mass is 10.2. The normalized spacial score (nSPS) is 12.2. The molecule has 0 amide bonds. The van der Waals surface area contributed by atoms with Crippen molar-refractivity contribution in [1.29, 1.82) is 0 Å². The van der Waals surface area contributed by atoms with Crippen molar-refractivity contribution < 1.29 is 4.74 Å². The topological polar surface area (TPSA) is 76.4 Å². The first kappa shape index (κ1) is 25.8. The highest BCUT2D eigenvalue weighted by Gasteiger charge is 2.08. The van der Waals surface area contributed by atoms with Gasteiger partial charge in [-0.2, -0.15) is 0 Å². The molecule has 0 aliphatic rings. The Morgan fingerprint density at radius 3 is 2.28 bits per heavy atom. The summed E-state index contributed by atoms with van der Waals surface area (Å²) in [6.45, 7) is 7.33. The van der Waals surface area contributed by atoms with Gasteiger partial charge in [0, 0.05) is 13.6 Å². The van der Waals surface area contributed by atoms with E-state index in [1.54, 1.807) is 0 Å². The van der Waals surface area contributed by atoms with Crippen LogP contribution in [0.4, 0.5) is 0 Å². The van der Waals surface area contributed by atoms with E-state index in [0.717, 1.165) is 29.7 Å². The SMILES string of the molecule is Cc1nnc(CNC(=NCc2ccccc2)NCC(C)COCc2ccccc2)n1C.I. The van der Waals surface area contributed by atoms with Crippen LogP contribution in [0.1, 0.15) is 29.7 Å². The summed E-state index contributed by atoms with van der Waals surface area (Å²) in [4.78, 5) is 4.74. The summed E-state index contributed by atoms with van der Waals surface area (Å²) in [7, 11) is 1.96. The Labute approximate surface area is 207 Å². The number of guanidine groups is 1. The third kappa shape index (κ3) is 8.58.